The third kappa shape index (κ3) is 3.05. The molecule has 1 aliphatic rings. The van der Waals surface area contributed by atoms with Crippen molar-refractivity contribution in [3.63, 3.8) is 0 Å². The van der Waals surface area contributed by atoms with Gasteiger partial charge < -0.3 is 14.6 Å². The average Bonchev–Trinajstić information content (AvgIpc) is 2.40. The van der Waals surface area contributed by atoms with Gasteiger partial charge in [0.15, 0.2) is 6.10 Å². The molecule has 0 aliphatic carbocycles. The van der Waals surface area contributed by atoms with Crippen LogP contribution in [0.25, 0.3) is 0 Å². The lowest BCUT2D eigenvalue weighted by Gasteiger charge is -2.40. The fourth-order valence-electron chi connectivity index (χ4n) is 2.31. The number of methoxy groups -OCH3 is 2. The minimum atomic E-state index is -3.76. The third-order valence-electron chi connectivity index (χ3n) is 3.56. The monoisotopic (exact) mass is 349 g/mol. The molecule has 0 saturated carbocycles. The highest BCUT2D eigenvalue weighted by molar-refractivity contribution is 7.89. The lowest BCUT2D eigenvalue weighted by atomic mass is 9.96. The van der Waals surface area contributed by atoms with Crippen LogP contribution in [0.3, 0.4) is 0 Å². The molecule has 1 aromatic carbocycles. The van der Waals surface area contributed by atoms with Crippen LogP contribution in [0.15, 0.2) is 23.1 Å². The van der Waals surface area contributed by atoms with Gasteiger partial charge in [-0.05, 0) is 12.1 Å². The summed E-state index contributed by atoms with van der Waals surface area (Å²) in [7, 11) is -1.02. The van der Waals surface area contributed by atoms with E-state index in [1.807, 2.05) is 0 Å². The van der Waals surface area contributed by atoms with Crippen LogP contribution in [0.1, 0.15) is 0 Å². The zero-order valence-electron chi connectivity index (χ0n) is 12.0. The molecule has 2 rings (SSSR count). The predicted octanol–water partition coefficient (Wildman–Crippen LogP) is 1.07. The molecule has 1 N–H and O–H groups in total. The maximum atomic E-state index is 12.5. The van der Waals surface area contributed by atoms with Crippen LogP contribution in [0, 0.1) is 5.92 Å². The Hall–Kier alpha value is -1.35. The quantitative estimate of drug-likeness (QED) is 0.825. The van der Waals surface area contributed by atoms with Gasteiger partial charge in [-0.25, -0.2) is 13.2 Å². The first-order valence-corrected chi connectivity index (χ1v) is 8.22. The Bertz CT molecular complexity index is 671. The largest absolute Gasteiger partial charge is 0.497 e. The molecular weight excluding hydrogens is 334 g/mol. The Kier molecular flexibility index (Phi) is 4.96. The van der Waals surface area contributed by atoms with Crippen molar-refractivity contribution in [2.24, 2.45) is 5.92 Å². The highest BCUT2D eigenvalue weighted by Crippen LogP contribution is 2.33. The molecule has 0 aromatic heterocycles. The fourth-order valence-corrected chi connectivity index (χ4v) is 4.37. The second kappa shape index (κ2) is 6.41. The Labute approximate surface area is 133 Å². The van der Waals surface area contributed by atoms with Crippen molar-refractivity contribution in [3.05, 3.63) is 23.2 Å². The summed E-state index contributed by atoms with van der Waals surface area (Å²) in [5.41, 5.74) is 0. The number of carbonyl (C=O) groups is 1. The molecule has 0 bridgehead atoms. The van der Waals surface area contributed by atoms with Gasteiger partial charge in [0.2, 0.25) is 10.0 Å². The first-order valence-electron chi connectivity index (χ1n) is 6.40. The van der Waals surface area contributed by atoms with E-state index in [9.17, 15) is 13.2 Å². The van der Waals surface area contributed by atoms with Gasteiger partial charge in [0.1, 0.15) is 10.6 Å². The zero-order valence-corrected chi connectivity index (χ0v) is 13.6. The Morgan fingerprint density at radius 3 is 2.50 bits per heavy atom. The van der Waals surface area contributed by atoms with Crippen molar-refractivity contribution in [1.29, 1.82) is 0 Å². The Morgan fingerprint density at radius 2 is 2.05 bits per heavy atom. The van der Waals surface area contributed by atoms with Crippen LogP contribution in [-0.2, 0) is 19.6 Å². The summed E-state index contributed by atoms with van der Waals surface area (Å²) in [5.74, 6) is -1.03. The molecule has 7 nitrogen and oxygen atoms in total. The summed E-state index contributed by atoms with van der Waals surface area (Å²) in [6.07, 6.45) is -1.02. The molecule has 0 spiro atoms. The van der Waals surface area contributed by atoms with E-state index in [4.69, 9.17) is 26.2 Å². The molecule has 0 amide bonds. The van der Waals surface area contributed by atoms with Gasteiger partial charge in [0, 0.05) is 32.2 Å². The van der Waals surface area contributed by atoms with Crippen LogP contribution < -0.4 is 4.74 Å². The number of carboxylic acids is 1. The van der Waals surface area contributed by atoms with E-state index in [1.165, 1.54) is 36.7 Å². The number of rotatable bonds is 6. The van der Waals surface area contributed by atoms with Gasteiger partial charge in [-0.3, -0.25) is 0 Å². The van der Waals surface area contributed by atoms with Gasteiger partial charge in [-0.15, -0.1) is 0 Å². The summed E-state index contributed by atoms with van der Waals surface area (Å²) in [6, 6.07) is 4.29. The standard InChI is InChI=1S/C13H16ClNO6S/c1-20-9-3-4-11(10(14)5-9)22(18,19)15-6-8(7-15)12(21-2)13(16)17/h3-5,8,12H,6-7H2,1-2H3,(H,16,17). The second-order valence-electron chi connectivity index (χ2n) is 4.87. The normalized spacial score (nSPS) is 17.8. The number of halogens is 1. The highest BCUT2D eigenvalue weighted by Gasteiger charge is 2.43. The van der Waals surface area contributed by atoms with Crippen LogP contribution in [0.5, 0.6) is 5.75 Å². The summed E-state index contributed by atoms with van der Waals surface area (Å²) in [4.78, 5) is 11.0. The van der Waals surface area contributed by atoms with Crippen LogP contribution in [0.2, 0.25) is 5.02 Å². The summed E-state index contributed by atoms with van der Waals surface area (Å²) in [6.45, 7) is 0.158. The lowest BCUT2D eigenvalue weighted by Crippen LogP contribution is -2.56. The summed E-state index contributed by atoms with van der Waals surface area (Å²) < 4.78 is 36.0. The molecule has 1 aromatic rings. The number of nitrogens with zero attached hydrogens (tertiary/aromatic N) is 1. The number of carboxylic acid groups (broad SMARTS) is 1. The van der Waals surface area contributed by atoms with E-state index >= 15 is 0 Å². The van der Waals surface area contributed by atoms with Crippen LogP contribution in [0.4, 0.5) is 0 Å². The lowest BCUT2D eigenvalue weighted by molar-refractivity contribution is -0.154. The number of hydrogen-bond acceptors (Lipinski definition) is 5. The molecule has 0 radical (unpaired) electrons. The number of sulfonamides is 1. The molecule has 122 valence electrons. The van der Waals surface area contributed by atoms with E-state index in [0.29, 0.717) is 5.75 Å². The van der Waals surface area contributed by atoms with Gasteiger partial charge in [0.25, 0.3) is 0 Å². The number of ether oxygens (including phenoxy) is 2. The first-order chi connectivity index (χ1) is 10.3. The van der Waals surface area contributed by atoms with E-state index in [0.717, 1.165) is 0 Å². The van der Waals surface area contributed by atoms with E-state index in [-0.39, 0.29) is 28.9 Å². The summed E-state index contributed by atoms with van der Waals surface area (Å²) in [5, 5.41) is 9.05. The topological polar surface area (TPSA) is 93.1 Å². The highest BCUT2D eigenvalue weighted by atomic mass is 35.5. The van der Waals surface area contributed by atoms with Crippen molar-refractivity contribution in [1.82, 2.24) is 4.31 Å². The molecule has 1 fully saturated rings. The van der Waals surface area contributed by atoms with Gasteiger partial charge in [-0.2, -0.15) is 4.31 Å². The van der Waals surface area contributed by atoms with Gasteiger partial charge in [0.05, 0.1) is 12.1 Å². The van der Waals surface area contributed by atoms with E-state index in [1.54, 1.807) is 0 Å². The zero-order chi connectivity index (χ0) is 16.5. The number of benzene rings is 1. The maximum Gasteiger partial charge on any atom is 0.333 e. The smallest absolute Gasteiger partial charge is 0.333 e. The maximum absolute atomic E-state index is 12.5. The Balaban J connectivity index is 2.15. The molecular formula is C13H16ClNO6S. The number of aliphatic carboxylic acids is 1. The molecule has 1 saturated heterocycles. The van der Waals surface area contributed by atoms with Crippen molar-refractivity contribution in [2.75, 3.05) is 27.3 Å². The minimum absolute atomic E-state index is 0.0299. The summed E-state index contributed by atoms with van der Waals surface area (Å²) >= 11 is 5.99. The molecule has 9 heteroatoms. The van der Waals surface area contributed by atoms with E-state index in [2.05, 4.69) is 0 Å². The second-order valence-corrected chi connectivity index (χ2v) is 7.19. The van der Waals surface area contributed by atoms with Crippen LogP contribution >= 0.6 is 11.6 Å². The molecule has 1 atom stereocenters. The van der Waals surface area contributed by atoms with Crippen molar-refractivity contribution in [3.8, 4) is 5.75 Å². The molecule has 1 aliphatic heterocycles. The van der Waals surface area contributed by atoms with Crippen molar-refractivity contribution < 1.29 is 27.8 Å². The third-order valence-corrected chi connectivity index (χ3v) is 5.87. The first kappa shape index (κ1) is 17.0. The SMILES string of the molecule is COc1ccc(S(=O)(=O)N2CC(C(OC)C(=O)O)C2)c(Cl)c1. The average molecular weight is 350 g/mol. The fraction of sp³-hybridized carbons (Fsp3) is 0.462. The van der Waals surface area contributed by atoms with Crippen molar-refractivity contribution in [2.45, 2.75) is 11.0 Å². The Morgan fingerprint density at radius 1 is 1.41 bits per heavy atom. The minimum Gasteiger partial charge on any atom is -0.497 e. The van der Waals surface area contributed by atoms with Crippen LogP contribution in [-0.4, -0.2) is 57.2 Å². The number of hydrogen-bond donors (Lipinski definition) is 1. The van der Waals surface area contributed by atoms with E-state index < -0.39 is 22.1 Å². The van der Waals surface area contributed by atoms with Crippen molar-refractivity contribution >= 4 is 27.6 Å². The molecule has 22 heavy (non-hydrogen) atoms. The van der Waals surface area contributed by atoms with Gasteiger partial charge in [-0.1, -0.05) is 11.6 Å². The van der Waals surface area contributed by atoms with Gasteiger partial charge >= 0.3 is 5.97 Å². The molecule has 1 unspecified atom stereocenters. The predicted molar refractivity (Wildman–Crippen MR) is 78.7 cm³/mol. The molecule has 1 heterocycles.